The largest absolute Gasteiger partial charge is 0.481 e. The van der Waals surface area contributed by atoms with Crippen LogP contribution in [-0.4, -0.2) is 61.7 Å². The Labute approximate surface area is 171 Å². The molecule has 13 nitrogen and oxygen atoms in total. The van der Waals surface area contributed by atoms with Gasteiger partial charge in [0.25, 0.3) is 0 Å². The fourth-order valence-electron chi connectivity index (χ4n) is 3.19. The van der Waals surface area contributed by atoms with Crippen molar-refractivity contribution in [3.63, 3.8) is 0 Å². The molecule has 3 atom stereocenters. The van der Waals surface area contributed by atoms with Crippen LogP contribution in [-0.2, 0) is 14.4 Å². The van der Waals surface area contributed by atoms with Crippen LogP contribution in [0.2, 0.25) is 0 Å². The van der Waals surface area contributed by atoms with Crippen molar-refractivity contribution in [1.82, 2.24) is 20.4 Å². The maximum absolute atomic E-state index is 12.6. The van der Waals surface area contributed by atoms with E-state index in [1.165, 1.54) is 4.90 Å². The van der Waals surface area contributed by atoms with Gasteiger partial charge in [-0.1, -0.05) is 5.16 Å². The molecule has 1 aliphatic heterocycles. The number of nitrogens with two attached hydrogens (primary N) is 2. The van der Waals surface area contributed by atoms with Crippen molar-refractivity contribution >= 4 is 23.9 Å². The molecule has 2 heterocycles. The highest BCUT2D eigenvalue weighted by molar-refractivity contribution is 5.83. The van der Waals surface area contributed by atoms with Crippen LogP contribution in [0.4, 0.5) is 4.79 Å². The van der Waals surface area contributed by atoms with Crippen LogP contribution >= 0.6 is 0 Å². The van der Waals surface area contributed by atoms with Gasteiger partial charge in [-0.05, 0) is 32.1 Å². The third-order valence-corrected chi connectivity index (χ3v) is 4.77. The van der Waals surface area contributed by atoms with Crippen LogP contribution in [0.25, 0.3) is 0 Å². The zero-order valence-electron chi connectivity index (χ0n) is 16.3. The highest BCUT2D eigenvalue weighted by Gasteiger charge is 2.35. The van der Waals surface area contributed by atoms with Gasteiger partial charge in [-0.2, -0.15) is 4.98 Å². The molecule has 0 aliphatic carbocycles. The number of aliphatic carboxylic acids is 2. The lowest BCUT2D eigenvalue weighted by atomic mass is 10.1. The lowest BCUT2D eigenvalue weighted by molar-refractivity contribution is -0.141. The molecule has 0 saturated carbocycles. The Morgan fingerprint density at radius 3 is 2.60 bits per heavy atom. The molecule has 0 spiro atoms. The minimum Gasteiger partial charge on any atom is -0.481 e. The minimum atomic E-state index is -1.10. The molecule has 0 radical (unpaired) electrons. The van der Waals surface area contributed by atoms with Crippen LogP contribution in [0.15, 0.2) is 4.52 Å². The van der Waals surface area contributed by atoms with E-state index in [0.717, 1.165) is 0 Å². The SMILES string of the molecule is NC(=O)CCC[C@H](N)c1noc([C@H](CCC(=O)O)NC(=O)N2CCCC2C(=O)O)n1. The molecule has 0 bridgehead atoms. The number of carboxylic acids is 2. The van der Waals surface area contributed by atoms with Crippen molar-refractivity contribution in [3.8, 4) is 0 Å². The molecular weight excluding hydrogens is 400 g/mol. The van der Waals surface area contributed by atoms with Crippen LogP contribution in [0.5, 0.6) is 0 Å². The molecular formula is C17H26N6O7. The number of hydrogen-bond donors (Lipinski definition) is 5. The molecule has 0 aromatic carbocycles. The average molecular weight is 426 g/mol. The van der Waals surface area contributed by atoms with Crippen LogP contribution in [0, 0.1) is 0 Å². The van der Waals surface area contributed by atoms with Crippen molar-refractivity contribution in [2.75, 3.05) is 6.54 Å². The van der Waals surface area contributed by atoms with E-state index in [1.807, 2.05) is 0 Å². The Morgan fingerprint density at radius 1 is 1.23 bits per heavy atom. The summed E-state index contributed by atoms with van der Waals surface area (Å²) in [6.07, 6.45) is 1.55. The Morgan fingerprint density at radius 2 is 1.97 bits per heavy atom. The van der Waals surface area contributed by atoms with Gasteiger partial charge in [0.1, 0.15) is 12.1 Å². The number of likely N-dealkylation sites (tertiary alicyclic amines) is 1. The van der Waals surface area contributed by atoms with Gasteiger partial charge >= 0.3 is 18.0 Å². The lowest BCUT2D eigenvalue weighted by Crippen LogP contribution is -2.47. The third kappa shape index (κ3) is 6.40. The number of amides is 3. The lowest BCUT2D eigenvalue weighted by Gasteiger charge is -2.24. The number of hydrogen-bond acceptors (Lipinski definition) is 8. The van der Waals surface area contributed by atoms with Gasteiger partial charge < -0.3 is 36.4 Å². The minimum absolute atomic E-state index is 0.0315. The molecule has 2 rings (SSSR count). The predicted molar refractivity (Wildman–Crippen MR) is 99.8 cm³/mol. The van der Waals surface area contributed by atoms with Gasteiger partial charge in [-0.3, -0.25) is 9.59 Å². The van der Waals surface area contributed by atoms with Crippen LogP contribution < -0.4 is 16.8 Å². The molecule has 1 aromatic heterocycles. The van der Waals surface area contributed by atoms with Crippen molar-refractivity contribution in [2.24, 2.45) is 11.5 Å². The summed E-state index contributed by atoms with van der Waals surface area (Å²) < 4.78 is 5.17. The first-order valence-corrected chi connectivity index (χ1v) is 9.58. The number of carboxylic acid groups (broad SMARTS) is 2. The van der Waals surface area contributed by atoms with Gasteiger partial charge in [0, 0.05) is 19.4 Å². The summed E-state index contributed by atoms with van der Waals surface area (Å²) in [6, 6.07) is -3.15. The van der Waals surface area contributed by atoms with E-state index in [2.05, 4.69) is 15.5 Å². The van der Waals surface area contributed by atoms with E-state index in [4.69, 9.17) is 21.1 Å². The summed E-state index contributed by atoms with van der Waals surface area (Å²) in [5.41, 5.74) is 11.1. The molecule has 1 aromatic rings. The molecule has 13 heteroatoms. The van der Waals surface area contributed by atoms with Crippen molar-refractivity contribution < 1.29 is 33.9 Å². The molecule has 1 saturated heterocycles. The zero-order valence-corrected chi connectivity index (χ0v) is 16.3. The average Bonchev–Trinajstić information content (AvgIpc) is 3.34. The maximum Gasteiger partial charge on any atom is 0.326 e. The van der Waals surface area contributed by atoms with E-state index in [0.29, 0.717) is 25.7 Å². The standard InChI is InChI=1S/C17H26N6O7/c18-9(3-1-5-12(19)24)14-21-15(30-22-14)10(6-7-13(25)26)20-17(29)23-8-2-4-11(23)16(27)28/h9-11H,1-8,18H2,(H2,19,24)(H,20,29)(H,25,26)(H,27,28)/t9-,10-,11?/m0/s1. The summed E-state index contributed by atoms with van der Waals surface area (Å²) in [5, 5.41) is 24.6. The Kier molecular flexibility index (Phi) is 8.09. The molecule has 1 fully saturated rings. The topological polar surface area (TPSA) is 215 Å². The number of nitrogens with one attached hydrogen (secondary N) is 1. The Balaban J connectivity index is 2.08. The Hall–Kier alpha value is -3.22. The van der Waals surface area contributed by atoms with E-state index in [1.54, 1.807) is 0 Å². The normalized spacial score (nSPS) is 18.0. The van der Waals surface area contributed by atoms with Gasteiger partial charge in [-0.15, -0.1) is 0 Å². The number of carbonyl (C=O) groups is 4. The van der Waals surface area contributed by atoms with Crippen LogP contribution in [0.3, 0.4) is 0 Å². The number of urea groups is 1. The fraction of sp³-hybridized carbons (Fsp3) is 0.647. The molecule has 166 valence electrons. The summed E-state index contributed by atoms with van der Waals surface area (Å²) in [7, 11) is 0. The van der Waals surface area contributed by atoms with Gasteiger partial charge in [0.2, 0.25) is 11.8 Å². The predicted octanol–water partition coefficient (Wildman–Crippen LogP) is -0.110. The van der Waals surface area contributed by atoms with Crippen molar-refractivity contribution in [1.29, 1.82) is 0 Å². The van der Waals surface area contributed by atoms with E-state index < -0.39 is 42.0 Å². The van der Waals surface area contributed by atoms with Gasteiger partial charge in [0.15, 0.2) is 5.82 Å². The van der Waals surface area contributed by atoms with Gasteiger partial charge in [-0.25, -0.2) is 9.59 Å². The van der Waals surface area contributed by atoms with E-state index in [9.17, 15) is 24.3 Å². The maximum atomic E-state index is 12.6. The number of nitrogens with zero attached hydrogens (tertiary/aromatic N) is 3. The smallest absolute Gasteiger partial charge is 0.326 e. The van der Waals surface area contributed by atoms with Crippen molar-refractivity contribution in [2.45, 2.75) is 63.1 Å². The van der Waals surface area contributed by atoms with Crippen molar-refractivity contribution in [3.05, 3.63) is 11.7 Å². The molecule has 1 unspecified atom stereocenters. The Bertz CT molecular complexity index is 782. The number of rotatable bonds is 11. The summed E-state index contributed by atoms with van der Waals surface area (Å²) in [4.78, 5) is 51.0. The number of aromatic nitrogens is 2. The molecule has 7 N–H and O–H groups in total. The second-order valence-corrected chi connectivity index (χ2v) is 7.08. The summed E-state index contributed by atoms with van der Waals surface area (Å²) in [5.74, 6) is -2.52. The third-order valence-electron chi connectivity index (χ3n) is 4.77. The number of carbonyl (C=O) groups excluding carboxylic acids is 2. The summed E-state index contributed by atoms with van der Waals surface area (Å²) >= 11 is 0. The monoisotopic (exact) mass is 426 g/mol. The first-order valence-electron chi connectivity index (χ1n) is 9.58. The molecule has 3 amide bonds. The second-order valence-electron chi connectivity index (χ2n) is 7.08. The highest BCUT2D eigenvalue weighted by Crippen LogP contribution is 2.23. The molecule has 1 aliphatic rings. The van der Waals surface area contributed by atoms with E-state index in [-0.39, 0.29) is 37.5 Å². The second kappa shape index (κ2) is 10.5. The first-order chi connectivity index (χ1) is 14.2. The van der Waals surface area contributed by atoms with Crippen LogP contribution in [0.1, 0.15) is 68.7 Å². The first kappa shape index (κ1) is 23.1. The van der Waals surface area contributed by atoms with Gasteiger partial charge in [0.05, 0.1) is 6.04 Å². The highest BCUT2D eigenvalue weighted by atomic mass is 16.5. The quantitative estimate of drug-likeness (QED) is 0.316. The zero-order chi connectivity index (χ0) is 22.3. The van der Waals surface area contributed by atoms with E-state index >= 15 is 0 Å². The summed E-state index contributed by atoms with van der Waals surface area (Å²) in [6.45, 7) is 0.272. The molecule has 30 heavy (non-hydrogen) atoms. The fourth-order valence-corrected chi connectivity index (χ4v) is 3.19. The number of primary amides is 1.